The highest BCUT2D eigenvalue weighted by molar-refractivity contribution is 6.31. The molecule has 2 rings (SSSR count). The molecule has 0 saturated heterocycles. The van der Waals surface area contributed by atoms with Crippen LogP contribution in [0.3, 0.4) is 0 Å². The van der Waals surface area contributed by atoms with E-state index in [1.54, 1.807) is 18.2 Å². The molecule has 0 aliphatic rings. The second kappa shape index (κ2) is 6.55. The maximum Gasteiger partial charge on any atom is 0.252 e. The molecule has 2 N–H and O–H groups in total. The number of aryl methyl sites for hydroxylation is 1. The molecular weight excluding hydrogens is 274 g/mol. The minimum absolute atomic E-state index is 0.157. The molecule has 0 heterocycles. The molecule has 1 atom stereocenters. The van der Waals surface area contributed by atoms with Gasteiger partial charge >= 0.3 is 0 Å². The van der Waals surface area contributed by atoms with Crippen molar-refractivity contribution in [3.8, 4) is 0 Å². The highest BCUT2D eigenvalue weighted by atomic mass is 35.5. The topological polar surface area (TPSA) is 49.3 Å². The summed E-state index contributed by atoms with van der Waals surface area (Å²) in [5.74, 6) is -0.243. The SMILES string of the molecule is Cc1ccc(Cl)cc1C(=O)N[C@@H](CO)c1ccccc1. The Morgan fingerprint density at radius 1 is 1.25 bits per heavy atom. The molecule has 0 aliphatic heterocycles. The monoisotopic (exact) mass is 289 g/mol. The number of rotatable bonds is 4. The number of nitrogens with one attached hydrogen (secondary N) is 1. The quantitative estimate of drug-likeness (QED) is 0.908. The van der Waals surface area contributed by atoms with E-state index in [2.05, 4.69) is 5.32 Å². The standard InChI is InChI=1S/C16H16ClNO2/c1-11-7-8-13(17)9-14(11)16(20)18-15(10-19)12-5-3-2-4-6-12/h2-9,15,19H,10H2,1H3,(H,18,20)/t15-/m0/s1. The van der Waals surface area contributed by atoms with Crippen molar-refractivity contribution < 1.29 is 9.90 Å². The van der Waals surface area contributed by atoms with Crippen molar-refractivity contribution in [3.63, 3.8) is 0 Å². The Bertz CT molecular complexity index is 599. The van der Waals surface area contributed by atoms with Crippen LogP contribution in [-0.4, -0.2) is 17.6 Å². The van der Waals surface area contributed by atoms with Gasteiger partial charge in [-0.05, 0) is 30.2 Å². The molecule has 0 bridgehead atoms. The minimum atomic E-state index is -0.429. The lowest BCUT2D eigenvalue weighted by Gasteiger charge is -2.17. The average Bonchev–Trinajstić information content (AvgIpc) is 2.48. The zero-order valence-electron chi connectivity index (χ0n) is 11.1. The summed E-state index contributed by atoms with van der Waals surface area (Å²) in [5.41, 5.74) is 2.23. The molecule has 4 heteroatoms. The van der Waals surface area contributed by atoms with Crippen LogP contribution in [-0.2, 0) is 0 Å². The van der Waals surface area contributed by atoms with Crippen molar-refractivity contribution >= 4 is 17.5 Å². The van der Waals surface area contributed by atoms with Gasteiger partial charge in [0.05, 0.1) is 12.6 Å². The lowest BCUT2D eigenvalue weighted by molar-refractivity contribution is 0.0915. The summed E-state index contributed by atoms with van der Waals surface area (Å²) in [5, 5.41) is 12.8. The number of benzene rings is 2. The number of aliphatic hydroxyl groups is 1. The van der Waals surface area contributed by atoms with Crippen LogP contribution in [0.4, 0.5) is 0 Å². The highest BCUT2D eigenvalue weighted by Crippen LogP contribution is 2.17. The van der Waals surface area contributed by atoms with E-state index in [0.717, 1.165) is 11.1 Å². The van der Waals surface area contributed by atoms with E-state index < -0.39 is 6.04 Å². The normalized spacial score (nSPS) is 11.9. The van der Waals surface area contributed by atoms with Gasteiger partial charge in [0.1, 0.15) is 0 Å². The molecule has 0 aromatic heterocycles. The van der Waals surface area contributed by atoms with Gasteiger partial charge in [-0.3, -0.25) is 4.79 Å². The number of hydrogen-bond donors (Lipinski definition) is 2. The summed E-state index contributed by atoms with van der Waals surface area (Å²) < 4.78 is 0. The fraction of sp³-hybridized carbons (Fsp3) is 0.188. The van der Waals surface area contributed by atoms with E-state index in [4.69, 9.17) is 11.6 Å². The predicted octanol–water partition coefficient (Wildman–Crippen LogP) is 3.11. The van der Waals surface area contributed by atoms with Crippen molar-refractivity contribution in [1.29, 1.82) is 0 Å². The Kier molecular flexibility index (Phi) is 4.77. The van der Waals surface area contributed by atoms with E-state index in [-0.39, 0.29) is 12.5 Å². The Morgan fingerprint density at radius 2 is 1.95 bits per heavy atom. The van der Waals surface area contributed by atoms with Crippen molar-refractivity contribution in [1.82, 2.24) is 5.32 Å². The van der Waals surface area contributed by atoms with Crippen LogP contribution in [0.25, 0.3) is 0 Å². The Labute approximate surface area is 123 Å². The fourth-order valence-corrected chi connectivity index (χ4v) is 2.17. The van der Waals surface area contributed by atoms with Gasteiger partial charge in [0.2, 0.25) is 0 Å². The first-order chi connectivity index (χ1) is 9.61. The van der Waals surface area contributed by atoms with Crippen LogP contribution in [0.2, 0.25) is 5.02 Å². The second-order valence-electron chi connectivity index (χ2n) is 4.58. The first kappa shape index (κ1) is 14.6. The number of hydrogen-bond acceptors (Lipinski definition) is 2. The second-order valence-corrected chi connectivity index (χ2v) is 5.01. The summed E-state index contributed by atoms with van der Waals surface area (Å²) in [6, 6.07) is 14.1. The molecule has 0 fully saturated rings. The molecule has 2 aromatic rings. The number of amides is 1. The molecule has 0 saturated carbocycles. The Morgan fingerprint density at radius 3 is 2.60 bits per heavy atom. The largest absolute Gasteiger partial charge is 0.394 e. The first-order valence-corrected chi connectivity index (χ1v) is 6.72. The molecule has 0 spiro atoms. The smallest absolute Gasteiger partial charge is 0.252 e. The Hall–Kier alpha value is -1.84. The van der Waals surface area contributed by atoms with Gasteiger partial charge in [0, 0.05) is 10.6 Å². The van der Waals surface area contributed by atoms with E-state index in [1.807, 2.05) is 37.3 Å². The van der Waals surface area contributed by atoms with E-state index in [1.165, 1.54) is 0 Å². The predicted molar refractivity (Wildman–Crippen MR) is 79.9 cm³/mol. The number of carbonyl (C=O) groups is 1. The van der Waals surface area contributed by atoms with Crippen LogP contribution in [0.1, 0.15) is 27.5 Å². The van der Waals surface area contributed by atoms with Crippen LogP contribution in [0, 0.1) is 6.92 Å². The van der Waals surface area contributed by atoms with Gasteiger partial charge < -0.3 is 10.4 Å². The summed E-state index contributed by atoms with van der Waals surface area (Å²) in [6.07, 6.45) is 0. The summed E-state index contributed by atoms with van der Waals surface area (Å²) in [4.78, 5) is 12.3. The highest BCUT2D eigenvalue weighted by Gasteiger charge is 2.16. The molecule has 0 aliphatic carbocycles. The van der Waals surface area contributed by atoms with Crippen LogP contribution in [0.5, 0.6) is 0 Å². The van der Waals surface area contributed by atoms with Gasteiger partial charge in [-0.15, -0.1) is 0 Å². The van der Waals surface area contributed by atoms with E-state index in [9.17, 15) is 9.90 Å². The third kappa shape index (κ3) is 3.38. The molecular formula is C16H16ClNO2. The summed E-state index contributed by atoms with van der Waals surface area (Å²) in [6.45, 7) is 1.69. The zero-order chi connectivity index (χ0) is 14.5. The lowest BCUT2D eigenvalue weighted by atomic mass is 10.1. The third-order valence-electron chi connectivity index (χ3n) is 3.13. The van der Waals surface area contributed by atoms with Crippen molar-refractivity contribution in [2.75, 3.05) is 6.61 Å². The zero-order valence-corrected chi connectivity index (χ0v) is 11.9. The van der Waals surface area contributed by atoms with Crippen LogP contribution in [0.15, 0.2) is 48.5 Å². The molecule has 1 amide bonds. The van der Waals surface area contributed by atoms with Crippen molar-refractivity contribution in [2.45, 2.75) is 13.0 Å². The van der Waals surface area contributed by atoms with Crippen molar-refractivity contribution in [2.24, 2.45) is 0 Å². The molecule has 0 unspecified atom stereocenters. The van der Waals surface area contributed by atoms with E-state index in [0.29, 0.717) is 10.6 Å². The Balaban J connectivity index is 2.20. The number of aliphatic hydroxyl groups excluding tert-OH is 1. The average molecular weight is 290 g/mol. The number of carbonyl (C=O) groups excluding carboxylic acids is 1. The van der Waals surface area contributed by atoms with Crippen LogP contribution < -0.4 is 5.32 Å². The molecule has 2 aromatic carbocycles. The van der Waals surface area contributed by atoms with Gasteiger partial charge in [-0.25, -0.2) is 0 Å². The van der Waals surface area contributed by atoms with Gasteiger partial charge in [-0.1, -0.05) is 48.0 Å². The lowest BCUT2D eigenvalue weighted by Crippen LogP contribution is -2.31. The first-order valence-electron chi connectivity index (χ1n) is 6.34. The number of halogens is 1. The van der Waals surface area contributed by atoms with Gasteiger partial charge in [-0.2, -0.15) is 0 Å². The van der Waals surface area contributed by atoms with E-state index >= 15 is 0 Å². The third-order valence-corrected chi connectivity index (χ3v) is 3.37. The summed E-state index contributed by atoms with van der Waals surface area (Å²) in [7, 11) is 0. The molecule has 104 valence electrons. The maximum atomic E-state index is 12.3. The molecule has 3 nitrogen and oxygen atoms in total. The van der Waals surface area contributed by atoms with Crippen molar-refractivity contribution in [3.05, 3.63) is 70.2 Å². The summed E-state index contributed by atoms with van der Waals surface area (Å²) >= 11 is 5.92. The maximum absolute atomic E-state index is 12.3. The minimum Gasteiger partial charge on any atom is -0.394 e. The molecule has 0 radical (unpaired) electrons. The fourth-order valence-electron chi connectivity index (χ4n) is 1.99. The molecule has 20 heavy (non-hydrogen) atoms. The van der Waals surface area contributed by atoms with Gasteiger partial charge in [0.15, 0.2) is 0 Å². The van der Waals surface area contributed by atoms with Crippen LogP contribution >= 0.6 is 11.6 Å². The van der Waals surface area contributed by atoms with Gasteiger partial charge in [0.25, 0.3) is 5.91 Å².